The van der Waals surface area contributed by atoms with Crippen molar-refractivity contribution >= 4 is 11.3 Å². The van der Waals surface area contributed by atoms with Gasteiger partial charge in [0.25, 0.3) is 0 Å². The third-order valence-corrected chi connectivity index (χ3v) is 4.06. The van der Waals surface area contributed by atoms with Gasteiger partial charge in [0.2, 0.25) is 0 Å². The van der Waals surface area contributed by atoms with Crippen LogP contribution in [0, 0.1) is 6.92 Å². The first-order valence-corrected chi connectivity index (χ1v) is 7.37. The van der Waals surface area contributed by atoms with Crippen LogP contribution in [0.15, 0.2) is 29.8 Å². The second kappa shape index (κ2) is 7.38. The van der Waals surface area contributed by atoms with Gasteiger partial charge in [-0.05, 0) is 25.1 Å². The van der Waals surface area contributed by atoms with Crippen molar-refractivity contribution in [3.05, 3.63) is 51.5 Å². The summed E-state index contributed by atoms with van der Waals surface area (Å²) < 4.78 is 5.79. The van der Waals surface area contributed by atoms with E-state index in [2.05, 4.69) is 34.6 Å². The Bertz CT molecular complexity index is 510. The van der Waals surface area contributed by atoms with E-state index >= 15 is 0 Å². The molecule has 19 heavy (non-hydrogen) atoms. The number of nitrogens with one attached hydrogen (secondary N) is 1. The minimum absolute atomic E-state index is 0.676. The number of aromatic nitrogens is 1. The number of rotatable bonds is 7. The SMILES string of the molecule is CNCc1ccccc1COCCc1scnc1C. The third-order valence-electron chi connectivity index (χ3n) is 3.06. The van der Waals surface area contributed by atoms with Gasteiger partial charge in [0.15, 0.2) is 0 Å². The molecule has 0 atom stereocenters. The topological polar surface area (TPSA) is 34.1 Å². The Kier molecular flexibility index (Phi) is 5.51. The average molecular weight is 276 g/mol. The second-order valence-corrected chi connectivity index (χ2v) is 5.40. The van der Waals surface area contributed by atoms with Crippen LogP contribution in [0.5, 0.6) is 0 Å². The lowest BCUT2D eigenvalue weighted by atomic mass is 10.1. The molecule has 0 unspecified atom stereocenters. The lowest BCUT2D eigenvalue weighted by Gasteiger charge is -2.09. The van der Waals surface area contributed by atoms with Crippen LogP contribution in [0.4, 0.5) is 0 Å². The molecule has 0 spiro atoms. The number of aryl methyl sites for hydroxylation is 1. The van der Waals surface area contributed by atoms with E-state index in [0.29, 0.717) is 6.61 Å². The highest BCUT2D eigenvalue weighted by atomic mass is 32.1. The smallest absolute Gasteiger partial charge is 0.0797 e. The molecule has 1 N–H and O–H groups in total. The van der Waals surface area contributed by atoms with Crippen LogP contribution in [-0.2, 0) is 24.3 Å². The molecule has 1 heterocycles. The summed E-state index contributed by atoms with van der Waals surface area (Å²) in [5.74, 6) is 0. The predicted octanol–water partition coefficient (Wildman–Crippen LogP) is 2.93. The van der Waals surface area contributed by atoms with Crippen LogP contribution in [0.25, 0.3) is 0 Å². The molecule has 0 radical (unpaired) electrons. The molecule has 1 aromatic carbocycles. The van der Waals surface area contributed by atoms with Crippen LogP contribution in [-0.4, -0.2) is 18.6 Å². The first kappa shape index (κ1) is 14.2. The molecular formula is C15H20N2OS. The van der Waals surface area contributed by atoms with E-state index in [1.54, 1.807) is 11.3 Å². The van der Waals surface area contributed by atoms with Crippen molar-refractivity contribution < 1.29 is 4.74 Å². The van der Waals surface area contributed by atoms with Crippen molar-refractivity contribution in [2.75, 3.05) is 13.7 Å². The zero-order chi connectivity index (χ0) is 13.5. The molecule has 4 heteroatoms. The predicted molar refractivity (Wildman–Crippen MR) is 79.4 cm³/mol. The van der Waals surface area contributed by atoms with Crippen molar-refractivity contribution in [3.8, 4) is 0 Å². The quantitative estimate of drug-likeness (QED) is 0.790. The Labute approximate surface area is 118 Å². The van der Waals surface area contributed by atoms with Gasteiger partial charge in [-0.2, -0.15) is 0 Å². The van der Waals surface area contributed by atoms with Gasteiger partial charge in [0.05, 0.1) is 24.4 Å². The molecule has 102 valence electrons. The van der Waals surface area contributed by atoms with E-state index < -0.39 is 0 Å². The first-order chi connectivity index (χ1) is 9.31. The molecule has 0 aliphatic heterocycles. The zero-order valence-electron chi connectivity index (χ0n) is 11.5. The minimum Gasteiger partial charge on any atom is -0.376 e. The summed E-state index contributed by atoms with van der Waals surface area (Å²) in [7, 11) is 1.96. The van der Waals surface area contributed by atoms with Crippen molar-refractivity contribution in [2.45, 2.75) is 26.5 Å². The van der Waals surface area contributed by atoms with Crippen LogP contribution in [0.2, 0.25) is 0 Å². The molecule has 0 fully saturated rings. The van der Waals surface area contributed by atoms with E-state index in [1.165, 1.54) is 16.0 Å². The number of nitrogens with zero attached hydrogens (tertiary/aromatic N) is 1. The lowest BCUT2D eigenvalue weighted by molar-refractivity contribution is 0.123. The summed E-state index contributed by atoms with van der Waals surface area (Å²) in [5, 5.41) is 3.18. The molecule has 0 amide bonds. The van der Waals surface area contributed by atoms with Crippen LogP contribution in [0.3, 0.4) is 0 Å². The van der Waals surface area contributed by atoms with E-state index in [9.17, 15) is 0 Å². The molecule has 0 aliphatic carbocycles. The van der Waals surface area contributed by atoms with Gasteiger partial charge >= 0.3 is 0 Å². The Morgan fingerprint density at radius 2 is 2.05 bits per heavy atom. The number of hydrogen-bond donors (Lipinski definition) is 1. The molecule has 0 saturated heterocycles. The molecule has 0 saturated carbocycles. The summed E-state index contributed by atoms with van der Waals surface area (Å²) in [4.78, 5) is 5.57. The van der Waals surface area contributed by atoms with E-state index in [0.717, 1.165) is 25.3 Å². The summed E-state index contributed by atoms with van der Waals surface area (Å²) in [6.07, 6.45) is 0.949. The van der Waals surface area contributed by atoms with Crippen molar-refractivity contribution in [2.24, 2.45) is 0 Å². The Morgan fingerprint density at radius 3 is 2.74 bits per heavy atom. The summed E-state index contributed by atoms with van der Waals surface area (Å²) in [5.41, 5.74) is 5.59. The van der Waals surface area contributed by atoms with Gasteiger partial charge in [-0.3, -0.25) is 0 Å². The maximum Gasteiger partial charge on any atom is 0.0797 e. The Morgan fingerprint density at radius 1 is 1.26 bits per heavy atom. The van der Waals surface area contributed by atoms with Gasteiger partial charge in [-0.15, -0.1) is 11.3 Å². The average Bonchev–Trinajstić information content (AvgIpc) is 2.82. The van der Waals surface area contributed by atoms with Gasteiger partial charge in [0.1, 0.15) is 0 Å². The molecule has 0 aliphatic rings. The minimum atomic E-state index is 0.676. The lowest BCUT2D eigenvalue weighted by Crippen LogP contribution is -2.09. The zero-order valence-corrected chi connectivity index (χ0v) is 12.3. The molecular weight excluding hydrogens is 256 g/mol. The highest BCUT2D eigenvalue weighted by molar-refractivity contribution is 7.09. The maximum absolute atomic E-state index is 5.79. The fourth-order valence-electron chi connectivity index (χ4n) is 1.97. The van der Waals surface area contributed by atoms with Crippen molar-refractivity contribution in [3.63, 3.8) is 0 Å². The highest BCUT2D eigenvalue weighted by Crippen LogP contribution is 2.14. The number of ether oxygens (including phenoxy) is 1. The number of hydrogen-bond acceptors (Lipinski definition) is 4. The van der Waals surface area contributed by atoms with Crippen LogP contribution >= 0.6 is 11.3 Å². The normalized spacial score (nSPS) is 10.8. The van der Waals surface area contributed by atoms with E-state index in [4.69, 9.17) is 4.74 Å². The standard InChI is InChI=1S/C15H20N2OS/c1-12-15(19-11-17-12)7-8-18-10-14-6-4-3-5-13(14)9-16-2/h3-6,11,16H,7-10H2,1-2H3. The molecule has 3 nitrogen and oxygen atoms in total. The van der Waals surface area contributed by atoms with E-state index in [1.807, 2.05) is 19.5 Å². The second-order valence-electron chi connectivity index (χ2n) is 4.46. The number of thiazole rings is 1. The first-order valence-electron chi connectivity index (χ1n) is 6.49. The van der Waals surface area contributed by atoms with Crippen molar-refractivity contribution in [1.82, 2.24) is 10.3 Å². The summed E-state index contributed by atoms with van der Waals surface area (Å²) in [6.45, 7) is 4.36. The molecule has 1 aromatic heterocycles. The largest absolute Gasteiger partial charge is 0.376 e. The van der Waals surface area contributed by atoms with E-state index in [-0.39, 0.29) is 0 Å². The molecule has 2 rings (SSSR count). The summed E-state index contributed by atoms with van der Waals surface area (Å²) >= 11 is 1.71. The van der Waals surface area contributed by atoms with Crippen LogP contribution < -0.4 is 5.32 Å². The van der Waals surface area contributed by atoms with Gasteiger partial charge in [0, 0.05) is 17.8 Å². The van der Waals surface area contributed by atoms with Crippen LogP contribution in [0.1, 0.15) is 21.7 Å². The Balaban J connectivity index is 1.81. The monoisotopic (exact) mass is 276 g/mol. The molecule has 0 bridgehead atoms. The highest BCUT2D eigenvalue weighted by Gasteiger charge is 2.03. The van der Waals surface area contributed by atoms with Crippen molar-refractivity contribution in [1.29, 1.82) is 0 Å². The molecule has 2 aromatic rings. The Hall–Kier alpha value is -1.23. The fraction of sp³-hybridized carbons (Fsp3) is 0.400. The summed E-state index contributed by atoms with van der Waals surface area (Å²) in [6, 6.07) is 8.40. The van der Waals surface area contributed by atoms with Gasteiger partial charge < -0.3 is 10.1 Å². The van der Waals surface area contributed by atoms with Gasteiger partial charge in [-0.1, -0.05) is 24.3 Å². The fourth-order valence-corrected chi connectivity index (χ4v) is 2.74. The third kappa shape index (κ3) is 4.13. The van der Waals surface area contributed by atoms with Gasteiger partial charge in [-0.25, -0.2) is 4.98 Å². The maximum atomic E-state index is 5.79. The number of benzene rings is 1.